The lowest BCUT2D eigenvalue weighted by Crippen LogP contribution is -2.05. The fourth-order valence-corrected chi connectivity index (χ4v) is 2.06. The van der Waals surface area contributed by atoms with E-state index < -0.39 is 5.97 Å². The first-order chi connectivity index (χ1) is 10.7. The van der Waals surface area contributed by atoms with Crippen LogP contribution in [0.1, 0.15) is 16.7 Å². The van der Waals surface area contributed by atoms with Gasteiger partial charge in [-0.2, -0.15) is 0 Å². The van der Waals surface area contributed by atoms with Gasteiger partial charge in [0.25, 0.3) is 0 Å². The van der Waals surface area contributed by atoms with Crippen LogP contribution in [0.25, 0.3) is 6.08 Å². The minimum absolute atomic E-state index is 0.308. The highest BCUT2D eigenvalue weighted by Gasteiger charge is 2.23. The largest absolute Gasteiger partial charge is 0.402 e. The van der Waals surface area contributed by atoms with Crippen LogP contribution >= 0.6 is 0 Å². The maximum absolute atomic E-state index is 11.8. The number of nitrogens with zero attached hydrogens (tertiary/aromatic N) is 1. The zero-order valence-electron chi connectivity index (χ0n) is 12.2. The zero-order chi connectivity index (χ0) is 15.4. The third-order valence-corrected chi connectivity index (χ3v) is 3.26. The fraction of sp³-hybridized carbons (Fsp3) is 0.0526. The van der Waals surface area contributed by atoms with E-state index in [4.69, 9.17) is 4.74 Å². The normalized spacial score (nSPS) is 16.1. The Bertz CT molecular complexity index is 769. The Hall–Kier alpha value is -2.94. The summed E-state index contributed by atoms with van der Waals surface area (Å²) in [5.41, 5.74) is 3.32. The summed E-state index contributed by atoms with van der Waals surface area (Å²) in [6.07, 6.45) is 5.38. The van der Waals surface area contributed by atoms with Crippen molar-refractivity contribution in [2.24, 2.45) is 4.99 Å². The molecule has 0 fully saturated rings. The van der Waals surface area contributed by atoms with Gasteiger partial charge in [-0.15, -0.1) is 0 Å². The smallest absolute Gasteiger partial charge is 0.363 e. The summed E-state index contributed by atoms with van der Waals surface area (Å²) in [4.78, 5) is 16.1. The molecule has 0 saturated carbocycles. The van der Waals surface area contributed by atoms with Gasteiger partial charge < -0.3 is 4.74 Å². The van der Waals surface area contributed by atoms with E-state index in [0.29, 0.717) is 11.6 Å². The van der Waals surface area contributed by atoms with Crippen LogP contribution in [0, 0.1) is 6.92 Å². The molecule has 0 aliphatic carbocycles. The number of aryl methyl sites for hydroxylation is 1. The molecule has 0 bridgehead atoms. The van der Waals surface area contributed by atoms with E-state index in [1.165, 1.54) is 0 Å². The summed E-state index contributed by atoms with van der Waals surface area (Å²) in [5.74, 6) is -0.0716. The summed E-state index contributed by atoms with van der Waals surface area (Å²) in [5, 5.41) is 0. The predicted octanol–water partition coefficient (Wildman–Crippen LogP) is 3.90. The molecule has 22 heavy (non-hydrogen) atoms. The summed E-state index contributed by atoms with van der Waals surface area (Å²) in [6, 6.07) is 17.6. The molecule has 3 rings (SSSR count). The second-order valence-electron chi connectivity index (χ2n) is 4.99. The summed E-state index contributed by atoms with van der Waals surface area (Å²) >= 11 is 0. The number of aliphatic imine (C=N–C) groups is 1. The van der Waals surface area contributed by atoms with Gasteiger partial charge in [0.05, 0.1) is 0 Å². The predicted molar refractivity (Wildman–Crippen MR) is 87.4 cm³/mol. The van der Waals surface area contributed by atoms with Crippen molar-refractivity contribution < 1.29 is 9.53 Å². The molecule has 2 aromatic rings. The van der Waals surface area contributed by atoms with Crippen LogP contribution in [-0.2, 0) is 9.53 Å². The number of ether oxygens (including phenoxy) is 1. The monoisotopic (exact) mass is 289 g/mol. The van der Waals surface area contributed by atoms with Gasteiger partial charge in [0.15, 0.2) is 5.70 Å². The van der Waals surface area contributed by atoms with Crippen molar-refractivity contribution in [2.75, 3.05) is 0 Å². The van der Waals surface area contributed by atoms with E-state index in [1.807, 2.05) is 67.6 Å². The van der Waals surface area contributed by atoms with Crippen LogP contribution in [-0.4, -0.2) is 11.9 Å². The lowest BCUT2D eigenvalue weighted by Gasteiger charge is -1.99. The second-order valence-corrected chi connectivity index (χ2v) is 4.99. The molecule has 2 aromatic carbocycles. The fourth-order valence-electron chi connectivity index (χ4n) is 2.06. The van der Waals surface area contributed by atoms with E-state index in [0.717, 1.165) is 16.7 Å². The van der Waals surface area contributed by atoms with Crippen LogP contribution in [0.5, 0.6) is 0 Å². The molecule has 0 saturated heterocycles. The summed E-state index contributed by atoms with van der Waals surface area (Å²) in [6.45, 7) is 2.01. The Kier molecular flexibility index (Phi) is 3.97. The molecule has 3 heteroatoms. The number of hydrogen-bond acceptors (Lipinski definition) is 3. The molecule has 3 nitrogen and oxygen atoms in total. The Morgan fingerprint density at radius 3 is 2.45 bits per heavy atom. The highest BCUT2D eigenvalue weighted by atomic mass is 16.6. The highest BCUT2D eigenvalue weighted by Crippen LogP contribution is 2.17. The Morgan fingerprint density at radius 1 is 1.00 bits per heavy atom. The standard InChI is InChI=1S/C19H15NO2/c1-14-10-12-16(13-11-14)18-20-17(19(21)22-18)9-5-8-15-6-3-2-4-7-15/h2-13H,1H3/b8-5+,17-9+. The first kappa shape index (κ1) is 14.0. The molecule has 1 aliphatic rings. The third kappa shape index (κ3) is 3.20. The van der Waals surface area contributed by atoms with Gasteiger partial charge in [0.2, 0.25) is 5.90 Å². The third-order valence-electron chi connectivity index (χ3n) is 3.26. The van der Waals surface area contributed by atoms with Crippen molar-refractivity contribution in [3.63, 3.8) is 0 Å². The Morgan fingerprint density at radius 2 is 1.73 bits per heavy atom. The number of hydrogen-bond donors (Lipinski definition) is 0. The molecular formula is C19H15NO2. The van der Waals surface area contributed by atoms with Gasteiger partial charge in [-0.1, -0.05) is 60.2 Å². The number of esters is 1. The first-order valence-corrected chi connectivity index (χ1v) is 7.04. The van der Waals surface area contributed by atoms with E-state index >= 15 is 0 Å². The van der Waals surface area contributed by atoms with E-state index in [1.54, 1.807) is 12.2 Å². The summed E-state index contributed by atoms with van der Waals surface area (Å²) in [7, 11) is 0. The van der Waals surface area contributed by atoms with Crippen molar-refractivity contribution in [3.05, 3.63) is 89.1 Å². The second kappa shape index (κ2) is 6.22. The van der Waals surface area contributed by atoms with Gasteiger partial charge in [-0.25, -0.2) is 9.79 Å². The molecule has 0 spiro atoms. The van der Waals surface area contributed by atoms with Crippen molar-refractivity contribution in [1.82, 2.24) is 0 Å². The van der Waals surface area contributed by atoms with Gasteiger partial charge >= 0.3 is 5.97 Å². The topological polar surface area (TPSA) is 38.7 Å². The lowest BCUT2D eigenvalue weighted by molar-refractivity contribution is -0.130. The van der Waals surface area contributed by atoms with Gasteiger partial charge in [0.1, 0.15) is 0 Å². The maximum Gasteiger partial charge on any atom is 0.363 e. The molecule has 108 valence electrons. The lowest BCUT2D eigenvalue weighted by atomic mass is 10.1. The molecule has 0 N–H and O–H groups in total. The van der Waals surface area contributed by atoms with Crippen LogP contribution in [0.4, 0.5) is 0 Å². The molecular weight excluding hydrogens is 274 g/mol. The van der Waals surface area contributed by atoms with Crippen LogP contribution in [0.15, 0.2) is 77.4 Å². The van der Waals surface area contributed by atoms with Gasteiger partial charge in [0, 0.05) is 5.56 Å². The van der Waals surface area contributed by atoms with Crippen molar-refractivity contribution in [1.29, 1.82) is 0 Å². The highest BCUT2D eigenvalue weighted by molar-refractivity contribution is 6.11. The number of carbonyl (C=O) groups is 1. The van der Waals surface area contributed by atoms with Crippen molar-refractivity contribution in [2.45, 2.75) is 6.92 Å². The summed E-state index contributed by atoms with van der Waals surface area (Å²) < 4.78 is 5.21. The van der Waals surface area contributed by atoms with Gasteiger partial charge in [-0.05, 0) is 30.7 Å². The first-order valence-electron chi connectivity index (χ1n) is 7.04. The van der Waals surface area contributed by atoms with Crippen LogP contribution in [0.2, 0.25) is 0 Å². The van der Waals surface area contributed by atoms with Crippen LogP contribution in [0.3, 0.4) is 0 Å². The van der Waals surface area contributed by atoms with E-state index in [2.05, 4.69) is 4.99 Å². The maximum atomic E-state index is 11.8. The molecule has 0 unspecified atom stereocenters. The molecule has 0 amide bonds. The van der Waals surface area contributed by atoms with E-state index in [-0.39, 0.29) is 0 Å². The quantitative estimate of drug-likeness (QED) is 0.635. The number of carbonyl (C=O) groups excluding carboxylic acids is 1. The molecule has 0 atom stereocenters. The number of allylic oxidation sites excluding steroid dienone is 2. The number of rotatable bonds is 3. The molecule has 1 heterocycles. The average molecular weight is 289 g/mol. The van der Waals surface area contributed by atoms with Crippen molar-refractivity contribution in [3.8, 4) is 0 Å². The van der Waals surface area contributed by atoms with Gasteiger partial charge in [-0.3, -0.25) is 0 Å². The molecule has 0 aromatic heterocycles. The average Bonchev–Trinajstić information content (AvgIpc) is 2.90. The van der Waals surface area contributed by atoms with Crippen LogP contribution < -0.4 is 0 Å². The molecule has 0 radical (unpaired) electrons. The van der Waals surface area contributed by atoms with Crippen molar-refractivity contribution >= 4 is 17.9 Å². The van der Waals surface area contributed by atoms with E-state index in [9.17, 15) is 4.79 Å². The minimum atomic E-state index is -0.423. The Labute approximate surface area is 129 Å². The zero-order valence-corrected chi connectivity index (χ0v) is 12.2. The molecule has 1 aliphatic heterocycles. The number of benzene rings is 2. The number of cyclic esters (lactones) is 1. The Balaban J connectivity index is 1.79. The minimum Gasteiger partial charge on any atom is -0.402 e. The SMILES string of the molecule is Cc1ccc(C2=N/C(=C/C=C/c3ccccc3)C(=O)O2)cc1.